The molecule has 5 nitrogen and oxygen atoms in total. The van der Waals surface area contributed by atoms with Crippen LogP contribution in [0.5, 0.6) is 0 Å². The van der Waals surface area contributed by atoms with Crippen LogP contribution in [0.3, 0.4) is 0 Å². The third-order valence-electron chi connectivity index (χ3n) is 2.78. The number of hydrogen-bond donors (Lipinski definition) is 2. The lowest BCUT2D eigenvalue weighted by molar-refractivity contribution is -0.143. The second-order valence-electron chi connectivity index (χ2n) is 4.12. The van der Waals surface area contributed by atoms with Gasteiger partial charge in [-0.25, -0.2) is 0 Å². The van der Waals surface area contributed by atoms with Crippen LogP contribution in [0, 0.1) is 0 Å². The van der Waals surface area contributed by atoms with E-state index in [9.17, 15) is 9.59 Å². The Morgan fingerprint density at radius 3 is 2.58 bits per heavy atom. The lowest BCUT2D eigenvalue weighted by atomic mass is 10.3. The molecule has 0 atom stereocenters. The SMILES string of the molecule is O=C(Nc1cc(Br)ccc1Br)C(=O)N1CCNCC1. The van der Waals surface area contributed by atoms with Gasteiger partial charge in [0.1, 0.15) is 0 Å². The van der Waals surface area contributed by atoms with E-state index in [4.69, 9.17) is 0 Å². The van der Waals surface area contributed by atoms with Gasteiger partial charge in [-0.3, -0.25) is 9.59 Å². The number of halogens is 2. The van der Waals surface area contributed by atoms with Crippen LogP contribution in [0.25, 0.3) is 0 Å². The number of carbonyl (C=O) groups is 2. The molecule has 1 saturated heterocycles. The summed E-state index contributed by atoms with van der Waals surface area (Å²) >= 11 is 6.66. The Morgan fingerprint density at radius 2 is 1.89 bits per heavy atom. The van der Waals surface area contributed by atoms with Gasteiger partial charge in [-0.2, -0.15) is 0 Å². The summed E-state index contributed by atoms with van der Waals surface area (Å²) in [6.45, 7) is 2.57. The second kappa shape index (κ2) is 6.49. The third-order valence-corrected chi connectivity index (χ3v) is 3.96. The summed E-state index contributed by atoms with van der Waals surface area (Å²) in [5.41, 5.74) is 0.572. The molecule has 2 amide bonds. The minimum atomic E-state index is -0.610. The quantitative estimate of drug-likeness (QED) is 0.715. The highest BCUT2D eigenvalue weighted by Gasteiger charge is 2.23. The van der Waals surface area contributed by atoms with E-state index in [1.54, 1.807) is 17.0 Å². The van der Waals surface area contributed by atoms with Crippen molar-refractivity contribution in [1.29, 1.82) is 0 Å². The molecule has 2 rings (SSSR count). The first kappa shape index (κ1) is 14.5. The van der Waals surface area contributed by atoms with E-state index in [-0.39, 0.29) is 0 Å². The number of carbonyl (C=O) groups excluding carboxylic acids is 2. The summed E-state index contributed by atoms with van der Waals surface area (Å²) in [6.07, 6.45) is 0. The Bertz CT molecular complexity index is 502. The van der Waals surface area contributed by atoms with E-state index in [2.05, 4.69) is 42.5 Å². The third kappa shape index (κ3) is 3.77. The van der Waals surface area contributed by atoms with Gasteiger partial charge in [0.15, 0.2) is 0 Å². The summed E-state index contributed by atoms with van der Waals surface area (Å²) in [5, 5.41) is 5.76. The minimum absolute atomic E-state index is 0.492. The second-order valence-corrected chi connectivity index (χ2v) is 5.89. The highest BCUT2D eigenvalue weighted by Crippen LogP contribution is 2.26. The minimum Gasteiger partial charge on any atom is -0.332 e. The maximum absolute atomic E-state index is 12.0. The molecule has 1 aromatic rings. The van der Waals surface area contributed by atoms with E-state index in [1.165, 1.54) is 0 Å². The van der Waals surface area contributed by atoms with Gasteiger partial charge < -0.3 is 15.5 Å². The first-order valence-electron chi connectivity index (χ1n) is 5.84. The predicted octanol–water partition coefficient (Wildman–Crippen LogP) is 1.58. The van der Waals surface area contributed by atoms with Crippen molar-refractivity contribution in [3.8, 4) is 0 Å². The predicted molar refractivity (Wildman–Crippen MR) is 79.9 cm³/mol. The average molecular weight is 391 g/mol. The number of benzene rings is 1. The summed E-state index contributed by atoms with van der Waals surface area (Å²) < 4.78 is 1.57. The van der Waals surface area contributed by atoms with Crippen LogP contribution in [0.1, 0.15) is 0 Å². The first-order chi connectivity index (χ1) is 9.08. The van der Waals surface area contributed by atoms with E-state index in [0.29, 0.717) is 18.8 Å². The van der Waals surface area contributed by atoms with Gasteiger partial charge in [0.2, 0.25) is 0 Å². The van der Waals surface area contributed by atoms with Crippen molar-refractivity contribution in [1.82, 2.24) is 10.2 Å². The maximum Gasteiger partial charge on any atom is 0.313 e. The monoisotopic (exact) mass is 389 g/mol. The smallest absolute Gasteiger partial charge is 0.313 e. The fourth-order valence-electron chi connectivity index (χ4n) is 1.78. The molecule has 102 valence electrons. The molecule has 0 saturated carbocycles. The molecule has 0 aliphatic carbocycles. The van der Waals surface area contributed by atoms with Crippen LogP contribution >= 0.6 is 31.9 Å². The molecular weight excluding hydrogens is 378 g/mol. The topological polar surface area (TPSA) is 61.4 Å². The molecule has 0 spiro atoms. The van der Waals surface area contributed by atoms with Crippen molar-refractivity contribution in [3.05, 3.63) is 27.1 Å². The first-order valence-corrected chi connectivity index (χ1v) is 7.42. The normalized spacial score (nSPS) is 15.2. The van der Waals surface area contributed by atoms with E-state index < -0.39 is 11.8 Å². The molecule has 19 heavy (non-hydrogen) atoms. The van der Waals surface area contributed by atoms with Crippen LogP contribution in [-0.4, -0.2) is 42.9 Å². The summed E-state index contributed by atoms with van der Waals surface area (Å²) in [5.74, 6) is -1.10. The summed E-state index contributed by atoms with van der Waals surface area (Å²) in [6, 6.07) is 5.39. The molecule has 2 N–H and O–H groups in total. The molecule has 1 aliphatic rings. The molecular formula is C12H13Br2N3O2. The largest absolute Gasteiger partial charge is 0.332 e. The van der Waals surface area contributed by atoms with Crippen LogP contribution in [0.15, 0.2) is 27.1 Å². The Balaban J connectivity index is 2.03. The number of nitrogens with one attached hydrogen (secondary N) is 2. The van der Waals surface area contributed by atoms with Gasteiger partial charge >= 0.3 is 11.8 Å². The zero-order chi connectivity index (χ0) is 13.8. The van der Waals surface area contributed by atoms with Crippen LogP contribution < -0.4 is 10.6 Å². The van der Waals surface area contributed by atoms with Crippen LogP contribution in [-0.2, 0) is 9.59 Å². The van der Waals surface area contributed by atoms with Gasteiger partial charge in [-0.05, 0) is 34.1 Å². The zero-order valence-electron chi connectivity index (χ0n) is 10.1. The fourth-order valence-corrected chi connectivity index (χ4v) is 2.49. The summed E-state index contributed by atoms with van der Waals surface area (Å²) in [7, 11) is 0. The maximum atomic E-state index is 12.0. The molecule has 0 aromatic heterocycles. The molecule has 0 unspecified atom stereocenters. The number of anilines is 1. The molecule has 0 bridgehead atoms. The van der Waals surface area contributed by atoms with E-state index >= 15 is 0 Å². The molecule has 7 heteroatoms. The lowest BCUT2D eigenvalue weighted by Crippen LogP contribution is -2.49. The Labute approximate surface area is 128 Å². The Kier molecular flexibility index (Phi) is 4.95. The molecule has 1 aromatic carbocycles. The highest BCUT2D eigenvalue weighted by atomic mass is 79.9. The van der Waals surface area contributed by atoms with Crippen molar-refractivity contribution in [2.24, 2.45) is 0 Å². The number of hydrogen-bond acceptors (Lipinski definition) is 3. The van der Waals surface area contributed by atoms with Gasteiger partial charge in [0, 0.05) is 35.1 Å². The van der Waals surface area contributed by atoms with Gasteiger partial charge in [0.05, 0.1) is 5.69 Å². The van der Waals surface area contributed by atoms with E-state index in [0.717, 1.165) is 22.0 Å². The Morgan fingerprint density at radius 1 is 1.21 bits per heavy atom. The standard InChI is InChI=1S/C12H13Br2N3O2/c13-8-1-2-9(14)10(7-8)16-11(18)12(19)17-5-3-15-4-6-17/h1-2,7,15H,3-6H2,(H,16,18). The average Bonchev–Trinajstić information content (AvgIpc) is 2.43. The van der Waals surface area contributed by atoms with Crippen molar-refractivity contribution in [2.45, 2.75) is 0 Å². The lowest BCUT2D eigenvalue weighted by Gasteiger charge is -2.26. The van der Waals surface area contributed by atoms with E-state index in [1.807, 2.05) is 6.07 Å². The molecule has 1 fully saturated rings. The van der Waals surface area contributed by atoms with Crippen LogP contribution in [0.4, 0.5) is 5.69 Å². The van der Waals surface area contributed by atoms with Crippen molar-refractivity contribution in [2.75, 3.05) is 31.5 Å². The highest BCUT2D eigenvalue weighted by molar-refractivity contribution is 9.11. The van der Waals surface area contributed by atoms with Crippen molar-refractivity contribution < 1.29 is 9.59 Å². The molecule has 0 radical (unpaired) electrons. The van der Waals surface area contributed by atoms with Crippen molar-refractivity contribution >= 4 is 49.4 Å². The number of rotatable bonds is 1. The van der Waals surface area contributed by atoms with Crippen LogP contribution in [0.2, 0.25) is 0 Å². The van der Waals surface area contributed by atoms with Gasteiger partial charge in [-0.1, -0.05) is 15.9 Å². The zero-order valence-corrected chi connectivity index (χ0v) is 13.3. The van der Waals surface area contributed by atoms with Crippen molar-refractivity contribution in [3.63, 3.8) is 0 Å². The number of piperazine rings is 1. The molecule has 1 heterocycles. The van der Waals surface area contributed by atoms with Gasteiger partial charge in [-0.15, -0.1) is 0 Å². The Hall–Kier alpha value is -0.920. The number of amides is 2. The molecule has 1 aliphatic heterocycles. The number of nitrogens with zero attached hydrogens (tertiary/aromatic N) is 1. The summed E-state index contributed by atoms with van der Waals surface area (Å²) in [4.78, 5) is 25.4. The van der Waals surface area contributed by atoms with Gasteiger partial charge in [0.25, 0.3) is 0 Å². The fraction of sp³-hybridized carbons (Fsp3) is 0.333.